The average molecular weight is 329 g/mol. The number of rotatable bonds is 8. The second kappa shape index (κ2) is 9.26. The SMILES string of the molecule is Cc1ccc(OCC(=O)NCCCSc2ccccc2)cc1C. The van der Waals surface area contributed by atoms with Gasteiger partial charge in [0, 0.05) is 11.4 Å². The minimum Gasteiger partial charge on any atom is -0.484 e. The van der Waals surface area contributed by atoms with Crippen LogP contribution in [0, 0.1) is 13.8 Å². The van der Waals surface area contributed by atoms with Gasteiger partial charge in [-0.2, -0.15) is 0 Å². The first-order valence-corrected chi connectivity index (χ1v) is 8.78. The van der Waals surface area contributed by atoms with Crippen LogP contribution in [0.25, 0.3) is 0 Å². The molecule has 0 aliphatic rings. The Labute approximate surface area is 142 Å². The molecule has 2 rings (SSSR count). The number of hydrogen-bond donors (Lipinski definition) is 1. The van der Waals surface area contributed by atoms with Crippen molar-refractivity contribution in [2.75, 3.05) is 18.9 Å². The van der Waals surface area contributed by atoms with Crippen molar-refractivity contribution in [1.29, 1.82) is 0 Å². The van der Waals surface area contributed by atoms with Crippen LogP contribution >= 0.6 is 11.8 Å². The number of carbonyl (C=O) groups excluding carboxylic acids is 1. The van der Waals surface area contributed by atoms with Crippen molar-refractivity contribution in [3.63, 3.8) is 0 Å². The average Bonchev–Trinajstić information content (AvgIpc) is 2.56. The Bertz CT molecular complexity index is 629. The number of aryl methyl sites for hydroxylation is 2. The maximum Gasteiger partial charge on any atom is 0.257 e. The van der Waals surface area contributed by atoms with Crippen molar-refractivity contribution in [2.24, 2.45) is 0 Å². The summed E-state index contributed by atoms with van der Waals surface area (Å²) in [7, 11) is 0. The van der Waals surface area contributed by atoms with Gasteiger partial charge in [0.05, 0.1) is 0 Å². The first kappa shape index (κ1) is 17.4. The zero-order chi connectivity index (χ0) is 16.5. The van der Waals surface area contributed by atoms with E-state index in [4.69, 9.17) is 4.74 Å². The molecule has 1 N–H and O–H groups in total. The van der Waals surface area contributed by atoms with Gasteiger partial charge in [-0.15, -0.1) is 11.8 Å². The van der Waals surface area contributed by atoms with E-state index in [0.29, 0.717) is 6.54 Å². The second-order valence-corrected chi connectivity index (χ2v) is 6.57. The fourth-order valence-electron chi connectivity index (χ4n) is 2.01. The fraction of sp³-hybridized carbons (Fsp3) is 0.316. The van der Waals surface area contributed by atoms with Gasteiger partial charge in [-0.25, -0.2) is 0 Å². The summed E-state index contributed by atoms with van der Waals surface area (Å²) in [5, 5.41) is 2.89. The highest BCUT2D eigenvalue weighted by Gasteiger charge is 2.03. The molecule has 0 aliphatic heterocycles. The standard InChI is InChI=1S/C19H23NO2S/c1-15-9-10-17(13-16(15)2)22-14-19(21)20-11-6-12-23-18-7-4-3-5-8-18/h3-5,7-10,13H,6,11-12,14H2,1-2H3,(H,20,21). The molecule has 0 atom stereocenters. The summed E-state index contributed by atoms with van der Waals surface area (Å²) in [6.45, 7) is 4.83. The molecule has 1 amide bonds. The van der Waals surface area contributed by atoms with Gasteiger partial charge in [-0.3, -0.25) is 4.79 Å². The van der Waals surface area contributed by atoms with E-state index in [9.17, 15) is 4.79 Å². The molecular formula is C19H23NO2S. The highest BCUT2D eigenvalue weighted by atomic mass is 32.2. The molecule has 3 nitrogen and oxygen atoms in total. The minimum absolute atomic E-state index is 0.0638. The maximum absolute atomic E-state index is 11.8. The first-order chi connectivity index (χ1) is 11.1. The molecule has 0 spiro atoms. The van der Waals surface area contributed by atoms with E-state index in [1.165, 1.54) is 16.0 Å². The van der Waals surface area contributed by atoms with E-state index in [0.717, 1.165) is 17.9 Å². The second-order valence-electron chi connectivity index (χ2n) is 5.40. The maximum atomic E-state index is 11.8. The van der Waals surface area contributed by atoms with Gasteiger partial charge in [0.1, 0.15) is 5.75 Å². The zero-order valence-electron chi connectivity index (χ0n) is 13.7. The zero-order valence-corrected chi connectivity index (χ0v) is 14.5. The van der Waals surface area contributed by atoms with Gasteiger partial charge in [0.2, 0.25) is 0 Å². The summed E-state index contributed by atoms with van der Waals surface area (Å²) in [6, 6.07) is 16.1. The van der Waals surface area contributed by atoms with E-state index in [-0.39, 0.29) is 12.5 Å². The van der Waals surface area contributed by atoms with E-state index in [1.807, 2.05) is 43.3 Å². The Morgan fingerprint density at radius 3 is 2.61 bits per heavy atom. The van der Waals surface area contributed by atoms with E-state index < -0.39 is 0 Å². The van der Waals surface area contributed by atoms with Crippen LogP contribution in [0.3, 0.4) is 0 Å². The third kappa shape index (κ3) is 6.37. The van der Waals surface area contributed by atoms with Gasteiger partial charge >= 0.3 is 0 Å². The molecule has 0 saturated carbocycles. The van der Waals surface area contributed by atoms with Crippen molar-refractivity contribution in [2.45, 2.75) is 25.2 Å². The lowest BCUT2D eigenvalue weighted by atomic mass is 10.1. The molecule has 0 fully saturated rings. The van der Waals surface area contributed by atoms with Gasteiger partial charge < -0.3 is 10.1 Å². The van der Waals surface area contributed by atoms with Gasteiger partial charge in [-0.05, 0) is 61.4 Å². The lowest BCUT2D eigenvalue weighted by Gasteiger charge is -2.09. The van der Waals surface area contributed by atoms with Crippen LogP contribution in [0.15, 0.2) is 53.4 Å². The summed E-state index contributed by atoms with van der Waals surface area (Å²) in [5.74, 6) is 1.65. The monoisotopic (exact) mass is 329 g/mol. The molecule has 23 heavy (non-hydrogen) atoms. The van der Waals surface area contributed by atoms with E-state index in [2.05, 4.69) is 24.4 Å². The van der Waals surface area contributed by atoms with Crippen molar-refractivity contribution in [3.8, 4) is 5.75 Å². The molecule has 0 bridgehead atoms. The molecule has 4 heteroatoms. The number of benzene rings is 2. The topological polar surface area (TPSA) is 38.3 Å². The molecule has 0 unspecified atom stereocenters. The van der Waals surface area contributed by atoms with Crippen LogP contribution < -0.4 is 10.1 Å². The van der Waals surface area contributed by atoms with Crippen LogP contribution in [-0.4, -0.2) is 24.8 Å². The molecule has 0 heterocycles. The highest BCUT2D eigenvalue weighted by molar-refractivity contribution is 7.99. The molecule has 2 aromatic rings. The molecule has 0 aliphatic carbocycles. The Hall–Kier alpha value is -1.94. The van der Waals surface area contributed by atoms with Crippen molar-refractivity contribution >= 4 is 17.7 Å². The largest absolute Gasteiger partial charge is 0.484 e. The first-order valence-electron chi connectivity index (χ1n) is 7.80. The molecule has 0 radical (unpaired) electrons. The van der Waals surface area contributed by atoms with Crippen LogP contribution in [-0.2, 0) is 4.79 Å². The predicted octanol–water partition coefficient (Wildman–Crippen LogP) is 3.98. The normalized spacial score (nSPS) is 10.3. The molecule has 0 aromatic heterocycles. The molecular weight excluding hydrogens is 306 g/mol. The van der Waals surface area contributed by atoms with Crippen LogP contribution in [0.2, 0.25) is 0 Å². The van der Waals surface area contributed by atoms with Crippen molar-refractivity contribution in [3.05, 3.63) is 59.7 Å². The Morgan fingerprint density at radius 2 is 1.87 bits per heavy atom. The smallest absolute Gasteiger partial charge is 0.257 e. The molecule has 122 valence electrons. The van der Waals surface area contributed by atoms with Gasteiger partial charge in [0.15, 0.2) is 6.61 Å². The third-order valence-corrected chi connectivity index (χ3v) is 4.60. The quantitative estimate of drug-likeness (QED) is 0.588. The van der Waals surface area contributed by atoms with Crippen molar-refractivity contribution < 1.29 is 9.53 Å². The summed E-state index contributed by atoms with van der Waals surface area (Å²) in [6.07, 6.45) is 0.939. The lowest BCUT2D eigenvalue weighted by molar-refractivity contribution is -0.123. The molecule has 0 saturated heterocycles. The van der Waals surface area contributed by atoms with E-state index >= 15 is 0 Å². The number of thioether (sulfide) groups is 1. The number of amides is 1. The Kier molecular flexibility index (Phi) is 7.01. The summed E-state index contributed by atoms with van der Waals surface area (Å²) < 4.78 is 5.51. The van der Waals surface area contributed by atoms with Crippen LogP contribution in [0.5, 0.6) is 5.75 Å². The third-order valence-electron chi connectivity index (χ3n) is 3.50. The summed E-state index contributed by atoms with van der Waals surface area (Å²) >= 11 is 1.80. The minimum atomic E-state index is -0.0760. The van der Waals surface area contributed by atoms with Gasteiger partial charge in [-0.1, -0.05) is 24.3 Å². The highest BCUT2D eigenvalue weighted by Crippen LogP contribution is 2.17. The predicted molar refractivity (Wildman–Crippen MR) is 96.2 cm³/mol. The van der Waals surface area contributed by atoms with Crippen LogP contribution in [0.1, 0.15) is 17.5 Å². The van der Waals surface area contributed by atoms with Crippen LogP contribution in [0.4, 0.5) is 0 Å². The van der Waals surface area contributed by atoms with Gasteiger partial charge in [0.25, 0.3) is 5.91 Å². The number of nitrogens with one attached hydrogen (secondary N) is 1. The molecule has 2 aromatic carbocycles. The Morgan fingerprint density at radius 1 is 1.09 bits per heavy atom. The van der Waals surface area contributed by atoms with Crippen molar-refractivity contribution in [1.82, 2.24) is 5.32 Å². The summed E-state index contributed by atoms with van der Waals surface area (Å²) in [5.41, 5.74) is 2.39. The Balaban J connectivity index is 1.59. The number of ether oxygens (including phenoxy) is 1. The number of carbonyl (C=O) groups is 1. The lowest BCUT2D eigenvalue weighted by Crippen LogP contribution is -2.29. The van der Waals surface area contributed by atoms with E-state index in [1.54, 1.807) is 11.8 Å². The number of hydrogen-bond acceptors (Lipinski definition) is 3. The summed E-state index contributed by atoms with van der Waals surface area (Å²) in [4.78, 5) is 13.0. The fourth-order valence-corrected chi connectivity index (χ4v) is 2.88.